The third-order valence-corrected chi connectivity index (χ3v) is 10.4. The molecule has 0 unspecified atom stereocenters. The molecule has 51 heavy (non-hydrogen) atoms. The van der Waals surface area contributed by atoms with Gasteiger partial charge in [-0.25, -0.2) is 0 Å². The molecule has 0 N–H and O–H groups in total. The first-order valence-corrected chi connectivity index (χ1v) is 17.6. The van der Waals surface area contributed by atoms with E-state index >= 15 is 0 Å². The fraction of sp³-hybridized carbons (Fsp3) is 0. The van der Waals surface area contributed by atoms with Gasteiger partial charge in [-0.2, -0.15) is 0 Å². The van der Waals surface area contributed by atoms with E-state index in [4.69, 9.17) is 0 Å². The molecule has 0 aromatic heterocycles. The molecule has 10 rings (SSSR count). The van der Waals surface area contributed by atoms with E-state index in [0.29, 0.717) is 0 Å². The van der Waals surface area contributed by atoms with Gasteiger partial charge >= 0.3 is 0 Å². The van der Waals surface area contributed by atoms with Crippen molar-refractivity contribution in [1.82, 2.24) is 0 Å². The average molecular weight is 648 g/mol. The van der Waals surface area contributed by atoms with Crippen LogP contribution in [-0.2, 0) is 0 Å². The van der Waals surface area contributed by atoms with Crippen LogP contribution in [0.4, 0.5) is 17.1 Å². The van der Waals surface area contributed by atoms with Gasteiger partial charge in [0.1, 0.15) is 0 Å². The smallest absolute Gasteiger partial charge is 0.0468 e. The lowest BCUT2D eigenvalue weighted by molar-refractivity contribution is 1.29. The molecular formula is C50H33N. The van der Waals surface area contributed by atoms with Gasteiger partial charge in [-0.1, -0.05) is 158 Å². The summed E-state index contributed by atoms with van der Waals surface area (Å²) >= 11 is 0. The summed E-state index contributed by atoms with van der Waals surface area (Å²) in [4.78, 5) is 2.38. The zero-order valence-corrected chi connectivity index (χ0v) is 28.0. The molecule has 0 heterocycles. The highest BCUT2D eigenvalue weighted by Crippen LogP contribution is 2.40. The predicted molar refractivity (Wildman–Crippen MR) is 220 cm³/mol. The highest BCUT2D eigenvalue weighted by atomic mass is 15.1. The third-order valence-electron chi connectivity index (χ3n) is 10.4. The molecule has 1 nitrogen and oxygen atoms in total. The van der Waals surface area contributed by atoms with E-state index in [1.165, 1.54) is 76.1 Å². The second kappa shape index (κ2) is 12.0. The van der Waals surface area contributed by atoms with Gasteiger partial charge in [0.15, 0.2) is 0 Å². The van der Waals surface area contributed by atoms with Crippen LogP contribution < -0.4 is 4.90 Å². The molecule has 0 bridgehead atoms. The Morgan fingerprint density at radius 1 is 0.235 bits per heavy atom. The number of fused-ring (bicyclic) bond motifs is 7. The molecule has 0 saturated heterocycles. The molecule has 0 radical (unpaired) electrons. The van der Waals surface area contributed by atoms with Crippen molar-refractivity contribution in [2.45, 2.75) is 0 Å². The van der Waals surface area contributed by atoms with E-state index in [2.05, 4.69) is 205 Å². The Bertz CT molecular complexity index is 2900. The Hall–Kier alpha value is -6.70. The molecule has 10 aromatic rings. The Kier molecular flexibility index (Phi) is 6.89. The van der Waals surface area contributed by atoms with Crippen LogP contribution in [0, 0.1) is 0 Å². The van der Waals surface area contributed by atoms with E-state index in [1.54, 1.807) is 0 Å². The van der Waals surface area contributed by atoms with Gasteiger partial charge in [0.2, 0.25) is 0 Å². The van der Waals surface area contributed by atoms with Gasteiger partial charge in [-0.05, 0) is 119 Å². The highest BCUT2D eigenvalue weighted by Gasteiger charge is 2.16. The zero-order valence-electron chi connectivity index (χ0n) is 28.0. The summed E-state index contributed by atoms with van der Waals surface area (Å²) in [5.41, 5.74) is 8.22. The molecule has 0 amide bonds. The summed E-state index contributed by atoms with van der Waals surface area (Å²) < 4.78 is 0. The minimum atomic E-state index is 1.11. The molecule has 0 saturated carbocycles. The van der Waals surface area contributed by atoms with Gasteiger partial charge in [0, 0.05) is 17.1 Å². The Balaban J connectivity index is 1.09. The summed E-state index contributed by atoms with van der Waals surface area (Å²) in [6.07, 6.45) is 0. The van der Waals surface area contributed by atoms with Gasteiger partial charge in [0.25, 0.3) is 0 Å². The van der Waals surface area contributed by atoms with E-state index in [0.717, 1.165) is 17.1 Å². The Morgan fingerprint density at radius 2 is 0.725 bits per heavy atom. The average Bonchev–Trinajstić information content (AvgIpc) is 3.21. The van der Waals surface area contributed by atoms with Crippen LogP contribution in [0.3, 0.4) is 0 Å². The van der Waals surface area contributed by atoms with Gasteiger partial charge in [0.05, 0.1) is 0 Å². The van der Waals surface area contributed by atoms with Crippen molar-refractivity contribution in [2.75, 3.05) is 4.90 Å². The van der Waals surface area contributed by atoms with Crippen molar-refractivity contribution in [3.8, 4) is 22.3 Å². The maximum atomic E-state index is 2.38. The second-order valence-electron chi connectivity index (χ2n) is 13.4. The van der Waals surface area contributed by atoms with Crippen molar-refractivity contribution in [2.24, 2.45) is 0 Å². The van der Waals surface area contributed by atoms with Crippen LogP contribution in [0.2, 0.25) is 0 Å². The molecule has 0 aliphatic rings. The lowest BCUT2D eigenvalue weighted by atomic mass is 9.94. The number of benzene rings is 10. The third kappa shape index (κ3) is 5.10. The minimum absolute atomic E-state index is 1.11. The molecule has 0 fully saturated rings. The lowest BCUT2D eigenvalue weighted by Crippen LogP contribution is -2.09. The Labute approximate surface area is 297 Å². The van der Waals surface area contributed by atoms with Crippen LogP contribution in [0.5, 0.6) is 0 Å². The van der Waals surface area contributed by atoms with Crippen molar-refractivity contribution in [3.63, 3.8) is 0 Å². The summed E-state index contributed by atoms with van der Waals surface area (Å²) in [6, 6.07) is 73.1. The fourth-order valence-corrected chi connectivity index (χ4v) is 7.83. The number of hydrogen-bond acceptors (Lipinski definition) is 1. The normalized spacial score (nSPS) is 11.5. The second-order valence-corrected chi connectivity index (χ2v) is 13.4. The largest absolute Gasteiger partial charge is 0.310 e. The standard InChI is InChI=1S/C50H33N/c1-2-11-40-32-41(19-16-34(40)8-1)35-20-26-42(27-21-35)51(44-30-24-39-18-17-36-9-4-6-13-47(36)50(39)33-44)43-28-22-38(23-29-43)46-14-7-15-48-45-12-5-3-10-37(45)25-31-49(46)48/h1-33H. The van der Waals surface area contributed by atoms with E-state index in [1.807, 2.05) is 0 Å². The molecule has 0 atom stereocenters. The van der Waals surface area contributed by atoms with Crippen molar-refractivity contribution >= 4 is 70.9 Å². The summed E-state index contributed by atoms with van der Waals surface area (Å²) in [5.74, 6) is 0. The number of nitrogens with zero attached hydrogens (tertiary/aromatic N) is 1. The predicted octanol–water partition coefficient (Wildman–Crippen LogP) is 14.3. The van der Waals surface area contributed by atoms with Gasteiger partial charge in [-0.15, -0.1) is 0 Å². The molecule has 1 heteroatoms. The van der Waals surface area contributed by atoms with Crippen LogP contribution in [0.1, 0.15) is 0 Å². The van der Waals surface area contributed by atoms with Crippen molar-refractivity contribution in [1.29, 1.82) is 0 Å². The van der Waals surface area contributed by atoms with Crippen LogP contribution in [0.15, 0.2) is 200 Å². The Morgan fingerprint density at radius 3 is 1.45 bits per heavy atom. The number of hydrogen-bond donors (Lipinski definition) is 0. The highest BCUT2D eigenvalue weighted by molar-refractivity contribution is 6.12. The summed E-state index contributed by atoms with van der Waals surface area (Å²) in [5, 5.41) is 12.6. The van der Waals surface area contributed by atoms with Crippen LogP contribution in [0.25, 0.3) is 76.1 Å². The summed E-state index contributed by atoms with van der Waals surface area (Å²) in [6.45, 7) is 0. The van der Waals surface area contributed by atoms with Gasteiger partial charge < -0.3 is 4.90 Å². The van der Waals surface area contributed by atoms with E-state index < -0.39 is 0 Å². The van der Waals surface area contributed by atoms with Crippen molar-refractivity contribution < 1.29 is 0 Å². The fourth-order valence-electron chi connectivity index (χ4n) is 7.83. The first-order valence-electron chi connectivity index (χ1n) is 17.6. The molecule has 0 aliphatic heterocycles. The van der Waals surface area contributed by atoms with Crippen LogP contribution >= 0.6 is 0 Å². The zero-order chi connectivity index (χ0) is 33.7. The SMILES string of the molecule is c1ccc2cc(-c3ccc(N(c4ccc(-c5cccc6c5ccc5ccccc56)cc4)c4ccc5ccc6ccccc6c5c4)cc3)ccc2c1. The first kappa shape index (κ1) is 29.2. The summed E-state index contributed by atoms with van der Waals surface area (Å²) in [7, 11) is 0. The van der Waals surface area contributed by atoms with E-state index in [-0.39, 0.29) is 0 Å². The molecule has 238 valence electrons. The molecule has 0 spiro atoms. The van der Waals surface area contributed by atoms with Crippen LogP contribution in [-0.4, -0.2) is 0 Å². The molecular weight excluding hydrogens is 615 g/mol. The molecule has 10 aromatic carbocycles. The van der Waals surface area contributed by atoms with E-state index in [9.17, 15) is 0 Å². The minimum Gasteiger partial charge on any atom is -0.310 e. The lowest BCUT2D eigenvalue weighted by Gasteiger charge is -2.26. The quantitative estimate of drug-likeness (QED) is 0.168. The maximum absolute atomic E-state index is 2.38. The van der Waals surface area contributed by atoms with Crippen molar-refractivity contribution in [3.05, 3.63) is 200 Å². The monoisotopic (exact) mass is 647 g/mol. The first-order chi connectivity index (χ1) is 25.3. The number of rotatable bonds is 5. The van der Waals surface area contributed by atoms with Gasteiger partial charge in [-0.3, -0.25) is 0 Å². The topological polar surface area (TPSA) is 3.24 Å². The maximum Gasteiger partial charge on any atom is 0.0468 e. The molecule has 0 aliphatic carbocycles. The number of anilines is 3.